The summed E-state index contributed by atoms with van der Waals surface area (Å²) in [5.74, 6) is 2.42. The van der Waals surface area contributed by atoms with E-state index in [1.54, 1.807) is 6.92 Å². The summed E-state index contributed by atoms with van der Waals surface area (Å²) in [6.07, 6.45) is 4.88. The normalized spacial score (nSPS) is 12.6. The maximum absolute atomic E-state index is 5.02. The zero-order valence-electron chi connectivity index (χ0n) is 5.89. The Morgan fingerprint density at radius 1 is 1.67 bits per heavy atom. The number of hydrogen-bond acceptors (Lipinski definition) is 2. The van der Waals surface area contributed by atoms with Crippen molar-refractivity contribution in [2.75, 3.05) is 13.4 Å². The van der Waals surface area contributed by atoms with Gasteiger partial charge in [0.15, 0.2) is 0 Å². The molecule has 0 N–H and O–H groups in total. The monoisotopic (exact) mass is 128 g/mol. The van der Waals surface area contributed by atoms with Gasteiger partial charge in [0.05, 0.1) is 0 Å². The molecule has 0 aromatic heterocycles. The Bertz CT molecular complexity index is 93.6. The second-order valence-electron chi connectivity index (χ2n) is 1.59. The topological polar surface area (TPSA) is 18.5 Å². The Labute approximate surface area is 56.2 Å². The van der Waals surface area contributed by atoms with Crippen LogP contribution in [0.25, 0.3) is 0 Å². The molecule has 0 fully saturated rings. The van der Waals surface area contributed by atoms with Gasteiger partial charge in [-0.2, -0.15) is 0 Å². The predicted octanol–water partition coefficient (Wildman–Crippen LogP) is 1.02. The standard InChI is InChI=1S/C7H12O2/c1-4-7(3)9-6-8-5-2/h1,7H,5-6H2,2-3H3. The maximum Gasteiger partial charge on any atom is 0.148 e. The van der Waals surface area contributed by atoms with E-state index in [0.29, 0.717) is 13.4 Å². The van der Waals surface area contributed by atoms with E-state index < -0.39 is 0 Å². The molecule has 0 amide bonds. The zero-order valence-corrected chi connectivity index (χ0v) is 5.89. The highest BCUT2D eigenvalue weighted by molar-refractivity contribution is 4.91. The average Bonchev–Trinajstić information content (AvgIpc) is 1.89. The van der Waals surface area contributed by atoms with Gasteiger partial charge in [-0.3, -0.25) is 0 Å². The van der Waals surface area contributed by atoms with Gasteiger partial charge in [0.2, 0.25) is 0 Å². The molecule has 1 unspecified atom stereocenters. The summed E-state index contributed by atoms with van der Waals surface area (Å²) in [7, 11) is 0. The third-order valence-electron chi connectivity index (χ3n) is 0.840. The molecule has 1 atom stereocenters. The third kappa shape index (κ3) is 5.35. The molecule has 0 bridgehead atoms. The van der Waals surface area contributed by atoms with E-state index in [1.165, 1.54) is 0 Å². The molecule has 0 radical (unpaired) electrons. The smallest absolute Gasteiger partial charge is 0.148 e. The van der Waals surface area contributed by atoms with Crippen molar-refractivity contribution in [1.82, 2.24) is 0 Å². The molecule has 0 spiro atoms. The van der Waals surface area contributed by atoms with Crippen molar-refractivity contribution in [3.8, 4) is 12.3 Å². The minimum atomic E-state index is -0.142. The summed E-state index contributed by atoms with van der Waals surface area (Å²) in [4.78, 5) is 0. The Balaban J connectivity index is 2.99. The summed E-state index contributed by atoms with van der Waals surface area (Å²) in [5.41, 5.74) is 0. The molecular weight excluding hydrogens is 116 g/mol. The van der Waals surface area contributed by atoms with E-state index in [0.717, 1.165) is 0 Å². The van der Waals surface area contributed by atoms with Crippen LogP contribution in [0.5, 0.6) is 0 Å². The molecule has 0 aliphatic heterocycles. The molecule has 0 aliphatic rings. The molecule has 0 rings (SSSR count). The first-order valence-corrected chi connectivity index (χ1v) is 2.96. The first-order chi connectivity index (χ1) is 4.31. The van der Waals surface area contributed by atoms with E-state index in [2.05, 4.69) is 5.92 Å². The van der Waals surface area contributed by atoms with Crippen LogP contribution in [0.15, 0.2) is 0 Å². The summed E-state index contributed by atoms with van der Waals surface area (Å²) < 4.78 is 9.86. The van der Waals surface area contributed by atoms with Crippen molar-refractivity contribution in [1.29, 1.82) is 0 Å². The van der Waals surface area contributed by atoms with Crippen molar-refractivity contribution in [3.05, 3.63) is 0 Å². The van der Waals surface area contributed by atoms with E-state index >= 15 is 0 Å². The van der Waals surface area contributed by atoms with Gasteiger partial charge in [-0.25, -0.2) is 0 Å². The van der Waals surface area contributed by atoms with Crippen LogP contribution in [0.3, 0.4) is 0 Å². The lowest BCUT2D eigenvalue weighted by molar-refractivity contribution is -0.0636. The van der Waals surface area contributed by atoms with Crippen molar-refractivity contribution in [3.63, 3.8) is 0 Å². The van der Waals surface area contributed by atoms with Gasteiger partial charge in [0.25, 0.3) is 0 Å². The van der Waals surface area contributed by atoms with Crippen molar-refractivity contribution in [2.45, 2.75) is 20.0 Å². The van der Waals surface area contributed by atoms with Gasteiger partial charge < -0.3 is 9.47 Å². The van der Waals surface area contributed by atoms with Crippen LogP contribution in [0.4, 0.5) is 0 Å². The summed E-state index contributed by atoms with van der Waals surface area (Å²) >= 11 is 0. The van der Waals surface area contributed by atoms with Gasteiger partial charge in [0, 0.05) is 6.61 Å². The van der Waals surface area contributed by atoms with Crippen molar-refractivity contribution in [2.24, 2.45) is 0 Å². The van der Waals surface area contributed by atoms with Crippen LogP contribution < -0.4 is 0 Å². The fourth-order valence-electron chi connectivity index (χ4n) is 0.282. The summed E-state index contributed by atoms with van der Waals surface area (Å²) in [5, 5.41) is 0. The largest absolute Gasteiger partial charge is 0.356 e. The molecule has 0 aromatic carbocycles. The fourth-order valence-corrected chi connectivity index (χ4v) is 0.282. The molecule has 0 aromatic rings. The molecule has 2 heteroatoms. The highest BCUT2D eigenvalue weighted by Gasteiger charge is 1.92. The zero-order chi connectivity index (χ0) is 7.11. The van der Waals surface area contributed by atoms with Gasteiger partial charge in [-0.15, -0.1) is 6.42 Å². The Morgan fingerprint density at radius 3 is 2.78 bits per heavy atom. The van der Waals surface area contributed by atoms with Crippen molar-refractivity contribution >= 4 is 0 Å². The maximum atomic E-state index is 5.02. The lowest BCUT2D eigenvalue weighted by Crippen LogP contribution is -2.08. The Kier molecular flexibility index (Phi) is 5.29. The molecule has 0 saturated heterocycles. The van der Waals surface area contributed by atoms with E-state index in [1.807, 2.05) is 6.92 Å². The van der Waals surface area contributed by atoms with Crippen LogP contribution in [0.2, 0.25) is 0 Å². The predicted molar refractivity (Wildman–Crippen MR) is 35.9 cm³/mol. The number of hydrogen-bond donors (Lipinski definition) is 0. The van der Waals surface area contributed by atoms with Gasteiger partial charge in [-0.1, -0.05) is 5.92 Å². The van der Waals surface area contributed by atoms with E-state index in [-0.39, 0.29) is 6.10 Å². The SMILES string of the molecule is C#CC(C)OCOCC. The van der Waals surface area contributed by atoms with Gasteiger partial charge >= 0.3 is 0 Å². The van der Waals surface area contributed by atoms with Crippen molar-refractivity contribution < 1.29 is 9.47 Å². The van der Waals surface area contributed by atoms with Gasteiger partial charge in [0.1, 0.15) is 12.9 Å². The second kappa shape index (κ2) is 5.61. The summed E-state index contributed by atoms with van der Waals surface area (Å²) in [6, 6.07) is 0. The molecular formula is C7H12O2. The minimum Gasteiger partial charge on any atom is -0.356 e. The molecule has 0 saturated carbocycles. The molecule has 0 aliphatic carbocycles. The molecule has 9 heavy (non-hydrogen) atoms. The third-order valence-corrected chi connectivity index (χ3v) is 0.840. The second-order valence-corrected chi connectivity index (χ2v) is 1.59. The fraction of sp³-hybridized carbons (Fsp3) is 0.714. The Hall–Kier alpha value is -0.520. The molecule has 52 valence electrons. The number of terminal acetylenes is 1. The summed E-state index contributed by atoms with van der Waals surface area (Å²) in [6.45, 7) is 4.67. The molecule has 0 heterocycles. The van der Waals surface area contributed by atoms with E-state index in [4.69, 9.17) is 15.9 Å². The minimum absolute atomic E-state index is 0.142. The lowest BCUT2D eigenvalue weighted by Gasteiger charge is -2.04. The van der Waals surface area contributed by atoms with Gasteiger partial charge in [-0.05, 0) is 13.8 Å². The van der Waals surface area contributed by atoms with E-state index in [9.17, 15) is 0 Å². The van der Waals surface area contributed by atoms with Crippen LogP contribution >= 0.6 is 0 Å². The highest BCUT2D eigenvalue weighted by Crippen LogP contribution is 1.86. The Morgan fingerprint density at radius 2 is 2.33 bits per heavy atom. The quantitative estimate of drug-likeness (QED) is 0.319. The molecule has 2 nitrogen and oxygen atoms in total. The first kappa shape index (κ1) is 8.48. The highest BCUT2D eigenvalue weighted by atomic mass is 16.7. The average molecular weight is 128 g/mol. The number of rotatable bonds is 4. The van der Waals surface area contributed by atoms with Crippen LogP contribution in [0, 0.1) is 12.3 Å². The number of ether oxygens (including phenoxy) is 2. The van der Waals surface area contributed by atoms with Crippen LogP contribution in [-0.4, -0.2) is 19.5 Å². The van der Waals surface area contributed by atoms with Crippen LogP contribution in [0.1, 0.15) is 13.8 Å². The first-order valence-electron chi connectivity index (χ1n) is 2.96. The van der Waals surface area contributed by atoms with Crippen LogP contribution in [-0.2, 0) is 9.47 Å². The lowest BCUT2D eigenvalue weighted by atomic mass is 10.4.